The van der Waals surface area contributed by atoms with Gasteiger partial charge >= 0.3 is 6.18 Å². The van der Waals surface area contributed by atoms with Crippen LogP contribution in [0.4, 0.5) is 30.2 Å². The summed E-state index contributed by atoms with van der Waals surface area (Å²) in [4.78, 5) is 31.8. The van der Waals surface area contributed by atoms with Crippen LogP contribution < -0.4 is 19.3 Å². The van der Waals surface area contributed by atoms with Crippen LogP contribution in [-0.4, -0.2) is 35.2 Å². The molecule has 1 aliphatic rings. The van der Waals surface area contributed by atoms with Crippen molar-refractivity contribution in [2.75, 3.05) is 23.5 Å². The zero-order valence-electron chi connectivity index (χ0n) is 27.3. The van der Waals surface area contributed by atoms with E-state index in [1.165, 1.54) is 23.0 Å². The predicted molar refractivity (Wildman–Crippen MR) is 181 cm³/mol. The first kappa shape index (κ1) is 33.3. The smallest absolute Gasteiger partial charge is 0.416 e. The van der Waals surface area contributed by atoms with Crippen molar-refractivity contribution in [3.05, 3.63) is 120 Å². The molecule has 0 saturated carbocycles. The van der Waals surface area contributed by atoms with E-state index < -0.39 is 29.5 Å². The van der Waals surface area contributed by atoms with Gasteiger partial charge < -0.3 is 14.4 Å². The molecule has 0 aliphatic carbocycles. The van der Waals surface area contributed by atoms with E-state index in [1.54, 1.807) is 60.3 Å². The van der Waals surface area contributed by atoms with Crippen molar-refractivity contribution in [1.82, 2.24) is 9.78 Å². The Labute approximate surface area is 282 Å². The van der Waals surface area contributed by atoms with Crippen LogP contribution >= 0.6 is 0 Å². The molecule has 252 valence electrons. The highest BCUT2D eigenvalue weighted by Gasteiger charge is 2.43. The summed E-state index contributed by atoms with van der Waals surface area (Å²) >= 11 is 0. The van der Waals surface area contributed by atoms with Gasteiger partial charge in [0.05, 0.1) is 30.2 Å². The maximum Gasteiger partial charge on any atom is 0.416 e. The maximum atomic E-state index is 14.8. The monoisotopic (exact) mass is 668 g/mol. The van der Waals surface area contributed by atoms with Gasteiger partial charge in [-0.25, -0.2) is 0 Å². The summed E-state index contributed by atoms with van der Waals surface area (Å²) in [6, 6.07) is 24.4. The van der Waals surface area contributed by atoms with Crippen LogP contribution in [0.25, 0.3) is 11.1 Å². The number of aryl methyl sites for hydroxylation is 1. The van der Waals surface area contributed by atoms with Crippen LogP contribution in [-0.2, 0) is 28.9 Å². The largest absolute Gasteiger partial charge is 0.493 e. The van der Waals surface area contributed by atoms with Crippen LogP contribution in [0.1, 0.15) is 42.9 Å². The average molecular weight is 669 g/mol. The second-order valence-electron chi connectivity index (χ2n) is 11.6. The number of nitrogens with zero attached hydrogens (tertiary/aromatic N) is 4. The zero-order chi connectivity index (χ0) is 34.7. The standard InChI is InChI=1S/C38H35F3N4O4/c1-4-18-43-23-27(22-42-43)30-19-26(20-33(48-3)35(30)49-24-25-12-8-6-9-13-25)34-36(46)44(5-2)31-17-16-28(38(39,40)41)21-32(31)45(37(34)47)29-14-10-7-11-15-29/h6-17,19-23,34H,4-5,18,24H2,1-3H3. The van der Waals surface area contributed by atoms with Gasteiger partial charge in [-0.05, 0) is 66.9 Å². The third-order valence-corrected chi connectivity index (χ3v) is 8.40. The fourth-order valence-corrected chi connectivity index (χ4v) is 6.08. The fourth-order valence-electron chi connectivity index (χ4n) is 6.08. The number of aromatic nitrogens is 2. The molecule has 4 aromatic carbocycles. The number of alkyl halides is 3. The molecule has 2 heterocycles. The van der Waals surface area contributed by atoms with Crippen molar-refractivity contribution in [2.45, 2.75) is 45.5 Å². The fraction of sp³-hybridized carbons (Fsp3) is 0.237. The number of hydrogen-bond acceptors (Lipinski definition) is 5. The Hall–Kier alpha value is -5.58. The van der Waals surface area contributed by atoms with E-state index in [-0.39, 0.29) is 30.3 Å². The molecule has 1 atom stereocenters. The van der Waals surface area contributed by atoms with Crippen LogP contribution in [0.5, 0.6) is 11.5 Å². The molecule has 0 saturated heterocycles. The zero-order valence-corrected chi connectivity index (χ0v) is 27.3. The van der Waals surface area contributed by atoms with E-state index in [1.807, 2.05) is 43.5 Å². The number of rotatable bonds is 10. The lowest BCUT2D eigenvalue weighted by molar-refractivity contribution is -0.137. The Bertz CT molecular complexity index is 1960. The Morgan fingerprint density at radius 1 is 0.857 bits per heavy atom. The first-order valence-electron chi connectivity index (χ1n) is 16.0. The van der Waals surface area contributed by atoms with Gasteiger partial charge in [-0.2, -0.15) is 18.3 Å². The van der Waals surface area contributed by atoms with E-state index >= 15 is 0 Å². The number of methoxy groups -OCH3 is 1. The highest BCUT2D eigenvalue weighted by Crippen LogP contribution is 2.47. The Kier molecular flexibility index (Phi) is 9.44. The number of hydrogen-bond donors (Lipinski definition) is 0. The number of fused-ring (bicyclic) bond motifs is 1. The highest BCUT2D eigenvalue weighted by atomic mass is 19.4. The van der Waals surface area contributed by atoms with Gasteiger partial charge in [0.15, 0.2) is 11.5 Å². The lowest BCUT2D eigenvalue weighted by Crippen LogP contribution is -2.39. The third kappa shape index (κ3) is 6.61. The summed E-state index contributed by atoms with van der Waals surface area (Å²) in [6.07, 6.45) is -0.278. The third-order valence-electron chi connectivity index (χ3n) is 8.40. The molecule has 0 radical (unpaired) electrons. The maximum absolute atomic E-state index is 14.8. The normalized spacial score (nSPS) is 14.9. The summed E-state index contributed by atoms with van der Waals surface area (Å²) in [6.45, 7) is 4.75. The number of benzene rings is 4. The van der Waals surface area contributed by atoms with E-state index in [4.69, 9.17) is 9.47 Å². The van der Waals surface area contributed by atoms with Gasteiger partial charge in [0.2, 0.25) is 11.8 Å². The molecule has 0 spiro atoms. The minimum atomic E-state index is -4.67. The molecule has 0 fully saturated rings. The van der Waals surface area contributed by atoms with Gasteiger partial charge in [0, 0.05) is 36.1 Å². The molecule has 1 unspecified atom stereocenters. The molecule has 8 nitrogen and oxygen atoms in total. The minimum Gasteiger partial charge on any atom is -0.493 e. The van der Waals surface area contributed by atoms with E-state index in [9.17, 15) is 22.8 Å². The Morgan fingerprint density at radius 3 is 2.22 bits per heavy atom. The van der Waals surface area contributed by atoms with E-state index in [0.717, 1.165) is 24.1 Å². The number of carbonyl (C=O) groups is 2. The van der Waals surface area contributed by atoms with E-state index in [2.05, 4.69) is 5.10 Å². The number of para-hydroxylation sites is 1. The van der Waals surface area contributed by atoms with Crippen molar-refractivity contribution in [3.63, 3.8) is 0 Å². The van der Waals surface area contributed by atoms with Gasteiger partial charge in [-0.15, -0.1) is 0 Å². The quantitative estimate of drug-likeness (QED) is 0.140. The summed E-state index contributed by atoms with van der Waals surface area (Å²) in [5.41, 5.74) is 1.97. The molecule has 11 heteroatoms. The molecule has 5 aromatic rings. The molecule has 1 aliphatic heterocycles. The van der Waals surface area contributed by atoms with Crippen LogP contribution in [0, 0.1) is 0 Å². The van der Waals surface area contributed by atoms with Crippen molar-refractivity contribution in [2.24, 2.45) is 0 Å². The molecule has 0 bridgehead atoms. The van der Waals surface area contributed by atoms with Crippen LogP contribution in [0.15, 0.2) is 103 Å². The summed E-state index contributed by atoms with van der Waals surface area (Å²) in [5.74, 6) is -2.06. The highest BCUT2D eigenvalue weighted by molar-refractivity contribution is 6.23. The topological polar surface area (TPSA) is 76.9 Å². The van der Waals surface area contributed by atoms with Gasteiger partial charge in [-0.1, -0.05) is 55.5 Å². The van der Waals surface area contributed by atoms with Gasteiger partial charge in [-0.3, -0.25) is 19.2 Å². The van der Waals surface area contributed by atoms with Crippen LogP contribution in [0.3, 0.4) is 0 Å². The lowest BCUT2D eigenvalue weighted by atomic mass is 9.92. The number of carbonyl (C=O) groups excluding carboxylic acids is 2. The summed E-state index contributed by atoms with van der Waals surface area (Å²) in [5, 5.41) is 4.49. The van der Waals surface area contributed by atoms with Crippen molar-refractivity contribution in [3.8, 4) is 22.6 Å². The molecule has 49 heavy (non-hydrogen) atoms. The number of ether oxygens (including phenoxy) is 2. The Morgan fingerprint density at radius 2 is 1.57 bits per heavy atom. The lowest BCUT2D eigenvalue weighted by Gasteiger charge is -2.26. The molecular weight excluding hydrogens is 633 g/mol. The Balaban J connectivity index is 1.55. The van der Waals surface area contributed by atoms with Crippen molar-refractivity contribution >= 4 is 28.9 Å². The van der Waals surface area contributed by atoms with E-state index in [0.29, 0.717) is 34.7 Å². The molecule has 1 aromatic heterocycles. The first-order valence-corrected chi connectivity index (χ1v) is 16.0. The van der Waals surface area contributed by atoms with Crippen LogP contribution in [0.2, 0.25) is 0 Å². The second-order valence-corrected chi connectivity index (χ2v) is 11.6. The number of halogens is 3. The SMILES string of the molecule is CCCn1cc(-c2cc(C3C(=O)N(CC)c4ccc(C(F)(F)F)cc4N(c4ccccc4)C3=O)cc(OC)c2OCc2ccccc2)cn1. The average Bonchev–Trinajstić information content (AvgIpc) is 3.54. The van der Waals surface area contributed by atoms with Crippen molar-refractivity contribution < 1.29 is 32.2 Å². The van der Waals surface area contributed by atoms with Gasteiger partial charge in [0.25, 0.3) is 0 Å². The molecule has 2 amide bonds. The molecule has 6 rings (SSSR count). The summed E-state index contributed by atoms with van der Waals surface area (Å²) in [7, 11) is 1.47. The minimum absolute atomic E-state index is 0.0421. The number of likely N-dealkylation sites (N-methyl/N-ethyl adjacent to an activating group) is 1. The number of amides is 2. The second kappa shape index (κ2) is 13.9. The van der Waals surface area contributed by atoms with Crippen molar-refractivity contribution in [1.29, 1.82) is 0 Å². The molecule has 0 N–H and O–H groups in total. The first-order chi connectivity index (χ1) is 23.6. The molecular formula is C38H35F3N4O4. The number of anilines is 3. The van der Waals surface area contributed by atoms with Gasteiger partial charge in [0.1, 0.15) is 12.5 Å². The predicted octanol–water partition coefficient (Wildman–Crippen LogP) is 8.38. The summed E-state index contributed by atoms with van der Waals surface area (Å²) < 4.78 is 56.0.